The Balaban J connectivity index is 1.44. The van der Waals surface area contributed by atoms with E-state index in [2.05, 4.69) is 30.2 Å². The maximum Gasteiger partial charge on any atom is 0.275 e. The Kier molecular flexibility index (Phi) is 3.96. The van der Waals surface area contributed by atoms with Crippen molar-refractivity contribution in [2.75, 3.05) is 23.3 Å². The highest BCUT2D eigenvalue weighted by Gasteiger charge is 2.15. The van der Waals surface area contributed by atoms with Crippen molar-refractivity contribution in [2.24, 2.45) is 0 Å². The molecule has 24 heavy (non-hydrogen) atoms. The summed E-state index contributed by atoms with van der Waals surface area (Å²) in [6.07, 6.45) is 7.38. The maximum atomic E-state index is 12.3. The number of thiazole rings is 1. The molecule has 1 saturated heterocycles. The number of rotatable bonds is 4. The number of carbonyl (C=O) groups excluding carboxylic acids is 1. The molecule has 0 spiro atoms. The fourth-order valence-corrected chi connectivity index (χ4v) is 3.44. The lowest BCUT2D eigenvalue weighted by Crippen LogP contribution is -2.19. The predicted octanol–water partition coefficient (Wildman–Crippen LogP) is 2.78. The van der Waals surface area contributed by atoms with Gasteiger partial charge >= 0.3 is 0 Å². The number of aromatic amines is 1. The van der Waals surface area contributed by atoms with Gasteiger partial charge in [0, 0.05) is 18.5 Å². The molecule has 0 atom stereocenters. The van der Waals surface area contributed by atoms with E-state index in [1.54, 1.807) is 24.1 Å². The van der Waals surface area contributed by atoms with Gasteiger partial charge in [0.15, 0.2) is 0 Å². The van der Waals surface area contributed by atoms with Crippen molar-refractivity contribution in [3.8, 4) is 10.7 Å². The molecule has 122 valence electrons. The SMILES string of the molecule is O=C(Nc1ccc(N2CCCC2)nc1)c1csc(-c2cnc[nH]2)n1. The van der Waals surface area contributed by atoms with Crippen molar-refractivity contribution >= 4 is 28.7 Å². The molecule has 0 aliphatic carbocycles. The number of hydrogen-bond acceptors (Lipinski definition) is 6. The summed E-state index contributed by atoms with van der Waals surface area (Å²) in [5, 5.41) is 5.30. The molecule has 1 aliphatic heterocycles. The molecule has 0 radical (unpaired) electrons. The van der Waals surface area contributed by atoms with Crippen LogP contribution in [0.15, 0.2) is 36.2 Å². The minimum absolute atomic E-state index is 0.243. The number of pyridine rings is 1. The van der Waals surface area contributed by atoms with Crippen molar-refractivity contribution < 1.29 is 4.79 Å². The number of aromatic nitrogens is 4. The molecule has 4 heterocycles. The number of hydrogen-bond donors (Lipinski definition) is 2. The van der Waals surface area contributed by atoms with E-state index in [1.807, 2.05) is 12.1 Å². The molecule has 1 aliphatic rings. The minimum atomic E-state index is -0.243. The smallest absolute Gasteiger partial charge is 0.275 e. The maximum absolute atomic E-state index is 12.3. The van der Waals surface area contributed by atoms with Crippen LogP contribution in [0.5, 0.6) is 0 Å². The normalized spacial score (nSPS) is 14.1. The van der Waals surface area contributed by atoms with Gasteiger partial charge in [0.1, 0.15) is 16.5 Å². The molecule has 1 fully saturated rings. The monoisotopic (exact) mass is 340 g/mol. The number of nitrogens with zero attached hydrogens (tertiary/aromatic N) is 4. The van der Waals surface area contributed by atoms with Gasteiger partial charge in [-0.25, -0.2) is 15.0 Å². The Morgan fingerprint density at radius 3 is 2.83 bits per heavy atom. The second-order valence-electron chi connectivity index (χ2n) is 5.56. The molecule has 3 aromatic heterocycles. The summed E-state index contributed by atoms with van der Waals surface area (Å²) in [6.45, 7) is 2.10. The zero-order valence-corrected chi connectivity index (χ0v) is 13.7. The molecule has 0 aromatic carbocycles. The summed E-state index contributed by atoms with van der Waals surface area (Å²) in [5.41, 5.74) is 1.85. The zero-order valence-electron chi connectivity index (χ0n) is 12.9. The highest BCUT2D eigenvalue weighted by molar-refractivity contribution is 7.13. The molecule has 8 heteroatoms. The van der Waals surface area contributed by atoms with Crippen molar-refractivity contribution in [3.63, 3.8) is 0 Å². The van der Waals surface area contributed by atoms with Crippen LogP contribution in [0.2, 0.25) is 0 Å². The van der Waals surface area contributed by atoms with Crippen molar-refractivity contribution in [3.05, 3.63) is 41.9 Å². The Morgan fingerprint density at radius 1 is 1.25 bits per heavy atom. The average molecular weight is 340 g/mol. The Hall–Kier alpha value is -2.74. The lowest BCUT2D eigenvalue weighted by Gasteiger charge is -2.16. The molecule has 1 amide bonds. The Bertz CT molecular complexity index is 821. The molecule has 3 aromatic rings. The zero-order chi connectivity index (χ0) is 16.4. The van der Waals surface area contributed by atoms with Gasteiger partial charge in [-0.05, 0) is 25.0 Å². The number of amides is 1. The molecular formula is C16H16N6OS. The van der Waals surface area contributed by atoms with Crippen LogP contribution in [-0.2, 0) is 0 Å². The second-order valence-corrected chi connectivity index (χ2v) is 6.41. The first-order valence-electron chi connectivity index (χ1n) is 7.76. The number of imidazole rings is 1. The van der Waals surface area contributed by atoms with Crippen molar-refractivity contribution in [2.45, 2.75) is 12.8 Å². The molecule has 0 unspecified atom stereocenters. The minimum Gasteiger partial charge on any atom is -0.357 e. The van der Waals surface area contributed by atoms with Crippen LogP contribution in [0.4, 0.5) is 11.5 Å². The van der Waals surface area contributed by atoms with Gasteiger partial charge in [0.05, 0.1) is 30.1 Å². The van der Waals surface area contributed by atoms with E-state index < -0.39 is 0 Å². The van der Waals surface area contributed by atoms with E-state index in [-0.39, 0.29) is 5.91 Å². The average Bonchev–Trinajstić information content (AvgIpc) is 3.35. The standard InChI is InChI=1S/C16H16N6OS/c23-15(13-9-24-16(21-13)12-8-17-10-19-12)20-11-3-4-14(18-7-11)22-5-1-2-6-22/h3-4,7-10H,1-2,5-6H2,(H,17,19)(H,20,23). The summed E-state index contributed by atoms with van der Waals surface area (Å²) in [5.74, 6) is 0.716. The van der Waals surface area contributed by atoms with E-state index in [0.717, 1.165) is 29.6 Å². The lowest BCUT2D eigenvalue weighted by molar-refractivity contribution is 0.102. The third-order valence-electron chi connectivity index (χ3n) is 3.90. The number of H-pyrrole nitrogens is 1. The summed E-state index contributed by atoms with van der Waals surface area (Å²) in [6, 6.07) is 3.82. The molecule has 4 rings (SSSR count). The van der Waals surface area contributed by atoms with Gasteiger partial charge in [-0.1, -0.05) is 0 Å². The van der Waals surface area contributed by atoms with E-state index in [4.69, 9.17) is 0 Å². The van der Waals surface area contributed by atoms with E-state index in [0.29, 0.717) is 11.4 Å². The molecule has 7 nitrogen and oxygen atoms in total. The van der Waals surface area contributed by atoms with Gasteiger partial charge in [-0.2, -0.15) is 0 Å². The second kappa shape index (κ2) is 6.40. The number of nitrogens with one attached hydrogen (secondary N) is 2. The fourth-order valence-electron chi connectivity index (χ4n) is 2.66. The van der Waals surface area contributed by atoms with E-state index in [9.17, 15) is 4.79 Å². The first kappa shape index (κ1) is 14.8. The lowest BCUT2D eigenvalue weighted by atomic mass is 10.3. The third kappa shape index (κ3) is 3.00. The van der Waals surface area contributed by atoms with Gasteiger partial charge < -0.3 is 15.2 Å². The summed E-state index contributed by atoms with van der Waals surface area (Å²) < 4.78 is 0. The van der Waals surface area contributed by atoms with E-state index >= 15 is 0 Å². The van der Waals surface area contributed by atoms with Crippen LogP contribution < -0.4 is 10.2 Å². The Labute approximate surface area is 142 Å². The first-order chi connectivity index (χ1) is 11.8. The number of carbonyl (C=O) groups is 1. The quantitative estimate of drug-likeness (QED) is 0.762. The van der Waals surface area contributed by atoms with Crippen LogP contribution in [0.1, 0.15) is 23.3 Å². The summed E-state index contributed by atoms with van der Waals surface area (Å²) in [7, 11) is 0. The summed E-state index contributed by atoms with van der Waals surface area (Å²) >= 11 is 1.40. The van der Waals surface area contributed by atoms with Crippen molar-refractivity contribution in [1.82, 2.24) is 19.9 Å². The first-order valence-corrected chi connectivity index (χ1v) is 8.64. The molecular weight excluding hydrogens is 324 g/mol. The van der Waals surface area contributed by atoms with Gasteiger partial charge in [0.25, 0.3) is 5.91 Å². The topological polar surface area (TPSA) is 86.8 Å². The fraction of sp³-hybridized carbons (Fsp3) is 0.250. The van der Waals surface area contributed by atoms with Gasteiger partial charge in [-0.15, -0.1) is 11.3 Å². The predicted molar refractivity (Wildman–Crippen MR) is 93.3 cm³/mol. The molecule has 2 N–H and O–H groups in total. The van der Waals surface area contributed by atoms with E-state index in [1.165, 1.54) is 24.2 Å². The van der Waals surface area contributed by atoms with Crippen LogP contribution in [-0.4, -0.2) is 38.9 Å². The van der Waals surface area contributed by atoms with Crippen LogP contribution in [0, 0.1) is 0 Å². The highest BCUT2D eigenvalue weighted by atomic mass is 32.1. The van der Waals surface area contributed by atoms with Crippen LogP contribution in [0.3, 0.4) is 0 Å². The Morgan fingerprint density at radius 2 is 2.12 bits per heavy atom. The molecule has 0 bridgehead atoms. The summed E-state index contributed by atoms with van der Waals surface area (Å²) in [4.78, 5) is 30.3. The number of anilines is 2. The largest absolute Gasteiger partial charge is 0.357 e. The van der Waals surface area contributed by atoms with Crippen molar-refractivity contribution in [1.29, 1.82) is 0 Å². The molecule has 0 saturated carbocycles. The van der Waals surface area contributed by atoms with Gasteiger partial charge in [-0.3, -0.25) is 4.79 Å². The van der Waals surface area contributed by atoms with Crippen LogP contribution >= 0.6 is 11.3 Å². The highest BCUT2D eigenvalue weighted by Crippen LogP contribution is 2.22. The van der Waals surface area contributed by atoms with Gasteiger partial charge in [0.2, 0.25) is 0 Å². The third-order valence-corrected chi connectivity index (χ3v) is 4.78. The van der Waals surface area contributed by atoms with Crippen LogP contribution in [0.25, 0.3) is 10.7 Å².